The Kier molecular flexibility index (Phi) is 3.78. The molecule has 7 heteroatoms. The second-order valence-corrected chi connectivity index (χ2v) is 4.84. The molecule has 0 atom stereocenters. The molecule has 1 amide bonds. The number of nitrogens with two attached hydrogens (primary N) is 1. The lowest BCUT2D eigenvalue weighted by Crippen LogP contribution is -2.25. The minimum Gasteiger partial charge on any atom is -0.461 e. The molecule has 7 nitrogen and oxygen atoms in total. The number of aryl methyl sites for hydroxylation is 1. The van der Waals surface area contributed by atoms with E-state index in [0.717, 1.165) is 28.7 Å². The lowest BCUT2D eigenvalue weighted by Gasteiger charge is -2.03. The van der Waals surface area contributed by atoms with Gasteiger partial charge in [-0.25, -0.2) is 0 Å². The Bertz CT molecular complexity index is 806. The van der Waals surface area contributed by atoms with E-state index in [-0.39, 0.29) is 30.8 Å². The molecule has 1 aromatic carbocycles. The van der Waals surface area contributed by atoms with Crippen LogP contribution in [0.25, 0.3) is 11.0 Å². The fraction of sp³-hybridized carbons (Fsp3) is 0.267. The average molecular weight is 300 g/mol. The number of carbonyl (C=O) groups is 1. The summed E-state index contributed by atoms with van der Waals surface area (Å²) in [6.07, 6.45) is 0.974. The minimum atomic E-state index is -0.141. The quantitative estimate of drug-likeness (QED) is 0.744. The summed E-state index contributed by atoms with van der Waals surface area (Å²) in [5.74, 6) is 0.968. The Morgan fingerprint density at radius 3 is 2.82 bits per heavy atom. The molecular formula is C15H16N4O3. The zero-order valence-electron chi connectivity index (χ0n) is 12.1. The first-order chi connectivity index (χ1) is 10.7. The lowest BCUT2D eigenvalue weighted by atomic mass is 10.1. The predicted octanol–water partition coefficient (Wildman–Crippen LogP) is 1.82. The van der Waals surface area contributed by atoms with Crippen LogP contribution in [0.1, 0.15) is 24.1 Å². The van der Waals surface area contributed by atoms with Crippen molar-refractivity contribution in [1.82, 2.24) is 15.5 Å². The van der Waals surface area contributed by atoms with Gasteiger partial charge in [0.25, 0.3) is 0 Å². The lowest BCUT2D eigenvalue weighted by molar-refractivity contribution is -0.120. The number of fused-ring (bicyclic) bond motifs is 1. The summed E-state index contributed by atoms with van der Waals surface area (Å²) in [7, 11) is 0. The Morgan fingerprint density at radius 2 is 2.09 bits per heavy atom. The monoisotopic (exact) mass is 300 g/mol. The van der Waals surface area contributed by atoms with Crippen molar-refractivity contribution in [2.75, 3.05) is 5.73 Å². The smallest absolute Gasteiger partial charge is 0.312 e. The van der Waals surface area contributed by atoms with Gasteiger partial charge in [0.15, 0.2) is 0 Å². The second kappa shape index (κ2) is 5.88. The van der Waals surface area contributed by atoms with E-state index in [1.54, 1.807) is 0 Å². The number of nitrogens with zero attached hydrogens (tertiary/aromatic N) is 2. The number of nitrogens with one attached hydrogen (secondary N) is 1. The Morgan fingerprint density at radius 1 is 1.27 bits per heavy atom. The highest BCUT2D eigenvalue weighted by atomic mass is 16.4. The topological polar surface area (TPSA) is 107 Å². The summed E-state index contributed by atoms with van der Waals surface area (Å²) < 4.78 is 10.8. The average Bonchev–Trinajstić information content (AvgIpc) is 3.09. The maximum atomic E-state index is 12.1. The minimum absolute atomic E-state index is 0.0154. The van der Waals surface area contributed by atoms with Crippen LogP contribution in [0.15, 0.2) is 33.1 Å². The van der Waals surface area contributed by atoms with E-state index in [0.29, 0.717) is 0 Å². The molecule has 22 heavy (non-hydrogen) atoms. The maximum absolute atomic E-state index is 12.1. The zero-order chi connectivity index (χ0) is 15.5. The zero-order valence-corrected chi connectivity index (χ0v) is 12.1. The number of hydrogen-bond acceptors (Lipinski definition) is 6. The van der Waals surface area contributed by atoms with Crippen molar-refractivity contribution in [2.45, 2.75) is 26.3 Å². The van der Waals surface area contributed by atoms with E-state index in [1.807, 2.05) is 31.2 Å². The van der Waals surface area contributed by atoms with Gasteiger partial charge in [-0.15, -0.1) is 5.10 Å². The van der Waals surface area contributed by atoms with Gasteiger partial charge >= 0.3 is 6.01 Å². The largest absolute Gasteiger partial charge is 0.461 e. The maximum Gasteiger partial charge on any atom is 0.312 e. The van der Waals surface area contributed by atoms with Crippen molar-refractivity contribution >= 4 is 22.9 Å². The van der Waals surface area contributed by atoms with Crippen LogP contribution in [0.3, 0.4) is 0 Å². The van der Waals surface area contributed by atoms with Gasteiger partial charge in [0.2, 0.25) is 11.8 Å². The van der Waals surface area contributed by atoms with E-state index in [2.05, 4.69) is 15.5 Å². The Balaban J connectivity index is 1.73. The summed E-state index contributed by atoms with van der Waals surface area (Å²) in [6.45, 7) is 2.15. The number of nitrogen functional groups attached to an aromatic ring is 1. The van der Waals surface area contributed by atoms with Crippen LogP contribution in [0.5, 0.6) is 0 Å². The number of furan rings is 1. The summed E-state index contributed by atoms with van der Waals surface area (Å²) in [4.78, 5) is 12.1. The first-order valence-electron chi connectivity index (χ1n) is 7.01. The molecule has 0 unspecified atom stereocenters. The molecule has 3 rings (SSSR count). The van der Waals surface area contributed by atoms with Gasteiger partial charge in [-0.1, -0.05) is 30.2 Å². The molecule has 2 heterocycles. The molecule has 0 aliphatic heterocycles. The molecule has 3 aromatic rings. The van der Waals surface area contributed by atoms with Gasteiger partial charge in [-0.05, 0) is 6.07 Å². The van der Waals surface area contributed by atoms with Crippen molar-refractivity contribution in [3.05, 3.63) is 41.5 Å². The van der Waals surface area contributed by atoms with E-state index >= 15 is 0 Å². The van der Waals surface area contributed by atoms with Crippen LogP contribution in [0.4, 0.5) is 6.01 Å². The van der Waals surface area contributed by atoms with Crippen LogP contribution in [-0.4, -0.2) is 16.1 Å². The number of carbonyl (C=O) groups excluding carboxylic acids is 1. The normalized spacial score (nSPS) is 11.0. The van der Waals surface area contributed by atoms with Gasteiger partial charge in [-0.3, -0.25) is 4.79 Å². The van der Waals surface area contributed by atoms with Crippen molar-refractivity contribution in [3.63, 3.8) is 0 Å². The fourth-order valence-electron chi connectivity index (χ4n) is 2.36. The van der Waals surface area contributed by atoms with Crippen LogP contribution in [-0.2, 0) is 24.2 Å². The van der Waals surface area contributed by atoms with E-state index in [4.69, 9.17) is 14.6 Å². The molecule has 0 spiro atoms. The van der Waals surface area contributed by atoms with Crippen LogP contribution < -0.4 is 11.1 Å². The van der Waals surface area contributed by atoms with E-state index < -0.39 is 0 Å². The van der Waals surface area contributed by atoms with Gasteiger partial charge in [0.1, 0.15) is 11.3 Å². The molecular weight excluding hydrogens is 284 g/mol. The first kappa shape index (κ1) is 14.1. The van der Waals surface area contributed by atoms with Crippen LogP contribution in [0, 0.1) is 0 Å². The van der Waals surface area contributed by atoms with Gasteiger partial charge in [-0.2, -0.15) is 0 Å². The highest BCUT2D eigenvalue weighted by molar-refractivity contribution is 5.88. The molecule has 114 valence electrons. The molecule has 0 aliphatic carbocycles. The van der Waals surface area contributed by atoms with E-state index in [9.17, 15) is 4.79 Å². The molecule has 0 bridgehead atoms. The molecule has 0 saturated heterocycles. The molecule has 0 fully saturated rings. The second-order valence-electron chi connectivity index (χ2n) is 4.84. The summed E-state index contributed by atoms with van der Waals surface area (Å²) in [6, 6.07) is 7.68. The third-order valence-corrected chi connectivity index (χ3v) is 3.36. The van der Waals surface area contributed by atoms with Crippen LogP contribution >= 0.6 is 0 Å². The van der Waals surface area contributed by atoms with Crippen molar-refractivity contribution < 1.29 is 13.6 Å². The summed E-state index contributed by atoms with van der Waals surface area (Å²) in [5, 5.41) is 10.9. The van der Waals surface area contributed by atoms with Crippen molar-refractivity contribution in [2.24, 2.45) is 0 Å². The van der Waals surface area contributed by atoms with Gasteiger partial charge < -0.3 is 19.9 Å². The molecule has 0 aliphatic rings. The van der Waals surface area contributed by atoms with Gasteiger partial charge in [0.05, 0.1) is 13.0 Å². The number of amides is 1. The van der Waals surface area contributed by atoms with Crippen LogP contribution in [0.2, 0.25) is 0 Å². The Hall–Kier alpha value is -2.83. The number of rotatable bonds is 5. The van der Waals surface area contributed by atoms with E-state index in [1.165, 1.54) is 0 Å². The number of para-hydroxylation sites is 1. The SMILES string of the molecule is CCc1oc2ccccc2c1CC(=O)NCc1nnc(N)o1. The number of benzene rings is 1. The fourth-order valence-corrected chi connectivity index (χ4v) is 2.36. The molecule has 0 radical (unpaired) electrons. The van der Waals surface area contributed by atoms with Crippen molar-refractivity contribution in [3.8, 4) is 0 Å². The number of aromatic nitrogens is 2. The standard InChI is InChI=1S/C15H16N4O3/c1-2-11-10(9-5-3-4-6-12(9)21-11)7-13(20)17-8-14-18-19-15(16)22-14/h3-6H,2,7-8H2,1H3,(H2,16,19)(H,17,20). The molecule has 2 aromatic heterocycles. The Labute approximate surface area is 126 Å². The summed E-state index contributed by atoms with van der Waals surface area (Å²) >= 11 is 0. The molecule has 0 saturated carbocycles. The molecule has 3 N–H and O–H groups in total. The third kappa shape index (κ3) is 2.78. The number of anilines is 1. The third-order valence-electron chi connectivity index (χ3n) is 3.36. The highest BCUT2D eigenvalue weighted by Crippen LogP contribution is 2.26. The summed E-state index contributed by atoms with van der Waals surface area (Å²) in [5.41, 5.74) is 7.04. The number of hydrogen-bond donors (Lipinski definition) is 2. The van der Waals surface area contributed by atoms with Crippen molar-refractivity contribution in [1.29, 1.82) is 0 Å². The van der Waals surface area contributed by atoms with Gasteiger partial charge in [0, 0.05) is 17.4 Å². The predicted molar refractivity (Wildman–Crippen MR) is 79.9 cm³/mol. The first-order valence-corrected chi connectivity index (χ1v) is 7.01. The highest BCUT2D eigenvalue weighted by Gasteiger charge is 2.16.